The van der Waals surface area contributed by atoms with Crippen molar-refractivity contribution in [3.8, 4) is 0 Å². The van der Waals surface area contributed by atoms with Gasteiger partial charge in [0.15, 0.2) is 0 Å². The van der Waals surface area contributed by atoms with Crippen molar-refractivity contribution < 1.29 is 0 Å². The second kappa shape index (κ2) is 14.4. The maximum atomic E-state index is 5.34. The monoisotopic (exact) mass is 544 g/mol. The summed E-state index contributed by atoms with van der Waals surface area (Å²) in [5.74, 6) is 6.51. The largest absolute Gasteiger partial charge is 0.179 e. The van der Waals surface area contributed by atoms with Crippen LogP contribution in [0.25, 0.3) is 0 Å². The lowest BCUT2D eigenvalue weighted by Crippen LogP contribution is -2.63. The van der Waals surface area contributed by atoms with Gasteiger partial charge in [-0.3, -0.25) is 0 Å². The first-order valence-electron chi connectivity index (χ1n) is 15.2. The Labute approximate surface area is 239 Å². The van der Waals surface area contributed by atoms with Gasteiger partial charge in [-0.2, -0.15) is 37.9 Å². The fourth-order valence-corrected chi connectivity index (χ4v) is 11.5. The maximum absolute atomic E-state index is 5.34. The highest BCUT2D eigenvalue weighted by Crippen LogP contribution is 2.79. The van der Waals surface area contributed by atoms with Crippen LogP contribution >= 0.6 is 37.9 Å². The quantitative estimate of drug-likeness (QED) is 0.111. The molecule has 0 spiro atoms. The van der Waals surface area contributed by atoms with Crippen LogP contribution < -0.4 is 0 Å². The Hall–Kier alpha value is 1.05. The Kier molecular flexibility index (Phi) is 14.1. The molecule has 0 aliphatic heterocycles. The number of rotatable bonds is 18. The number of hydrogen-bond donors (Lipinski definition) is 3. The molecule has 0 saturated heterocycles. The van der Waals surface area contributed by atoms with Crippen LogP contribution in [0.3, 0.4) is 0 Å². The molecule has 1 aliphatic carbocycles. The van der Waals surface area contributed by atoms with Crippen LogP contribution in [-0.2, 0) is 0 Å². The summed E-state index contributed by atoms with van der Waals surface area (Å²) < 4.78 is 0. The van der Waals surface area contributed by atoms with Crippen molar-refractivity contribution in [1.82, 2.24) is 0 Å². The molecule has 0 N–H and O–H groups in total. The van der Waals surface area contributed by atoms with Crippen LogP contribution in [0.5, 0.6) is 0 Å². The lowest BCUT2D eigenvalue weighted by atomic mass is 9.41. The molecular weight excluding hydrogens is 481 g/mol. The van der Waals surface area contributed by atoms with E-state index in [0.29, 0.717) is 17.3 Å². The first kappa shape index (κ1) is 34.1. The Bertz CT molecular complexity index is 590. The van der Waals surface area contributed by atoms with Crippen LogP contribution in [0.1, 0.15) is 133 Å². The van der Waals surface area contributed by atoms with Crippen molar-refractivity contribution in [2.75, 3.05) is 17.3 Å². The molecule has 0 aromatic carbocycles. The van der Waals surface area contributed by atoms with E-state index in [4.69, 9.17) is 37.9 Å². The minimum atomic E-state index is 0.0899. The van der Waals surface area contributed by atoms with Crippen LogP contribution in [0.2, 0.25) is 0 Å². The lowest BCUT2D eigenvalue weighted by molar-refractivity contribution is -0.139. The smallest absolute Gasteiger partial charge is 0.00272 e. The van der Waals surface area contributed by atoms with Gasteiger partial charge < -0.3 is 0 Å². The van der Waals surface area contributed by atoms with E-state index in [1.165, 1.54) is 64.2 Å². The molecule has 35 heavy (non-hydrogen) atoms. The standard InChI is InChI=1S/C32H64S3/c1-11-17-26(18-12-2)28(21-33)32(23-35,29(7,8)9)31(22-34,20-16-14-15-19-24(4)5)30(10)25(6)27(30)13-3/h24-28,33-35H,11-23H2,1-10H3/t25-,27?,28?,30?,31?,32?/m1/s1. The first-order chi connectivity index (χ1) is 16.4. The van der Waals surface area contributed by atoms with Crippen molar-refractivity contribution in [2.24, 2.45) is 51.2 Å². The Morgan fingerprint density at radius 3 is 1.74 bits per heavy atom. The topological polar surface area (TPSA) is 0 Å². The fourth-order valence-electron chi connectivity index (χ4n) is 9.05. The van der Waals surface area contributed by atoms with E-state index < -0.39 is 0 Å². The van der Waals surface area contributed by atoms with Crippen molar-refractivity contribution >= 4 is 37.9 Å². The first-order valence-corrected chi connectivity index (χ1v) is 17.1. The molecule has 0 bridgehead atoms. The Morgan fingerprint density at radius 1 is 0.829 bits per heavy atom. The zero-order chi connectivity index (χ0) is 27.1. The maximum Gasteiger partial charge on any atom is -0.00272 e. The molecule has 5 unspecified atom stereocenters. The van der Waals surface area contributed by atoms with Gasteiger partial charge in [-0.05, 0) is 74.9 Å². The molecule has 0 radical (unpaired) electrons. The normalized spacial score (nSPS) is 27.2. The van der Waals surface area contributed by atoms with E-state index in [1.54, 1.807) is 0 Å². The molecule has 6 atom stereocenters. The molecule has 1 fully saturated rings. The van der Waals surface area contributed by atoms with Gasteiger partial charge in [0.2, 0.25) is 0 Å². The average Bonchev–Trinajstić information content (AvgIpc) is 3.34. The molecule has 0 aromatic heterocycles. The van der Waals surface area contributed by atoms with Crippen molar-refractivity contribution in [3.63, 3.8) is 0 Å². The predicted molar refractivity (Wildman–Crippen MR) is 172 cm³/mol. The second-order valence-electron chi connectivity index (χ2n) is 13.8. The van der Waals surface area contributed by atoms with Crippen LogP contribution in [0.4, 0.5) is 0 Å². The van der Waals surface area contributed by atoms with E-state index in [1.807, 2.05) is 0 Å². The second-order valence-corrected chi connectivity index (χ2v) is 14.8. The van der Waals surface area contributed by atoms with E-state index in [0.717, 1.165) is 35.0 Å². The van der Waals surface area contributed by atoms with Crippen LogP contribution in [0, 0.1) is 51.2 Å². The van der Waals surface area contributed by atoms with E-state index in [2.05, 4.69) is 69.2 Å². The molecule has 3 heteroatoms. The molecule has 210 valence electrons. The van der Waals surface area contributed by atoms with Gasteiger partial charge in [0.1, 0.15) is 0 Å². The average molecular weight is 545 g/mol. The molecule has 1 rings (SSSR count). The van der Waals surface area contributed by atoms with Crippen molar-refractivity contribution in [3.05, 3.63) is 0 Å². The van der Waals surface area contributed by atoms with E-state index in [-0.39, 0.29) is 16.2 Å². The zero-order valence-electron chi connectivity index (χ0n) is 25.4. The molecule has 0 heterocycles. The van der Waals surface area contributed by atoms with E-state index in [9.17, 15) is 0 Å². The molecule has 1 saturated carbocycles. The zero-order valence-corrected chi connectivity index (χ0v) is 28.1. The minimum Gasteiger partial charge on any atom is -0.179 e. The van der Waals surface area contributed by atoms with Gasteiger partial charge in [-0.1, -0.05) is 127 Å². The molecule has 0 amide bonds. The fraction of sp³-hybridized carbons (Fsp3) is 1.00. The van der Waals surface area contributed by atoms with Gasteiger partial charge in [-0.25, -0.2) is 0 Å². The van der Waals surface area contributed by atoms with Gasteiger partial charge in [-0.15, -0.1) is 0 Å². The summed E-state index contributed by atoms with van der Waals surface area (Å²) in [4.78, 5) is 0. The number of hydrogen-bond acceptors (Lipinski definition) is 3. The van der Waals surface area contributed by atoms with E-state index >= 15 is 0 Å². The predicted octanol–water partition coefficient (Wildman–Crippen LogP) is 10.9. The van der Waals surface area contributed by atoms with Gasteiger partial charge in [0.05, 0.1) is 0 Å². The SMILES string of the molecule is CCCC(CCC)C(CS)C(CS)(C(C)(C)C)C(CS)(CCCCCC(C)C)C1(C)C(CC)[C@H]1C. The molecular formula is C32H64S3. The summed E-state index contributed by atoms with van der Waals surface area (Å²) in [6.45, 7) is 24.7. The third-order valence-electron chi connectivity index (χ3n) is 11.0. The summed E-state index contributed by atoms with van der Waals surface area (Å²) in [6, 6.07) is 0. The summed E-state index contributed by atoms with van der Waals surface area (Å²) in [6.07, 6.45) is 13.1. The minimum absolute atomic E-state index is 0.0899. The van der Waals surface area contributed by atoms with Gasteiger partial charge in [0.25, 0.3) is 0 Å². The summed E-state index contributed by atoms with van der Waals surface area (Å²) >= 11 is 15.8. The highest BCUT2D eigenvalue weighted by Gasteiger charge is 2.75. The lowest BCUT2D eigenvalue weighted by Gasteiger charge is -2.65. The molecule has 1 aliphatic rings. The number of unbranched alkanes of at least 4 members (excludes halogenated alkanes) is 2. The Morgan fingerprint density at radius 2 is 1.40 bits per heavy atom. The van der Waals surface area contributed by atoms with Crippen molar-refractivity contribution in [2.45, 2.75) is 133 Å². The highest BCUT2D eigenvalue weighted by atomic mass is 32.1. The number of thiol groups is 3. The van der Waals surface area contributed by atoms with Crippen molar-refractivity contribution in [1.29, 1.82) is 0 Å². The van der Waals surface area contributed by atoms with Gasteiger partial charge in [0, 0.05) is 0 Å². The Balaban J connectivity index is 3.77. The summed E-state index contributed by atoms with van der Waals surface area (Å²) in [5.41, 5.74) is 0.703. The highest BCUT2D eigenvalue weighted by molar-refractivity contribution is 7.80. The molecule has 0 aromatic rings. The summed E-state index contributed by atoms with van der Waals surface area (Å²) in [7, 11) is 0. The van der Waals surface area contributed by atoms with Crippen LogP contribution in [-0.4, -0.2) is 17.3 Å². The third kappa shape index (κ3) is 6.45. The summed E-state index contributed by atoms with van der Waals surface area (Å²) in [5, 5.41) is 0. The third-order valence-corrected chi connectivity index (χ3v) is 12.4. The van der Waals surface area contributed by atoms with Gasteiger partial charge >= 0.3 is 0 Å². The molecule has 0 nitrogen and oxygen atoms in total. The van der Waals surface area contributed by atoms with Crippen LogP contribution in [0.15, 0.2) is 0 Å².